The molecule has 0 saturated carbocycles. The Bertz CT molecular complexity index is 492. The number of anilines is 1. The lowest BCUT2D eigenvalue weighted by Crippen LogP contribution is -2.13. The molecule has 0 atom stereocenters. The summed E-state index contributed by atoms with van der Waals surface area (Å²) in [5.74, 6) is 0.0278. The molecule has 0 aliphatic rings. The van der Waals surface area contributed by atoms with Crippen LogP contribution < -0.4 is 11.1 Å². The monoisotopic (exact) mass is 234 g/mol. The molecule has 0 radical (unpaired) electrons. The number of benzene rings is 1. The Morgan fingerprint density at radius 3 is 3.06 bits per heavy atom. The van der Waals surface area contributed by atoms with Gasteiger partial charge in [0.1, 0.15) is 0 Å². The normalized spacial score (nSPS) is 10.6. The van der Waals surface area contributed by atoms with Crippen LogP contribution in [0.5, 0.6) is 0 Å². The van der Waals surface area contributed by atoms with Gasteiger partial charge in [-0.25, -0.2) is 0 Å². The van der Waals surface area contributed by atoms with Crippen LogP contribution in [0, 0.1) is 0 Å². The maximum atomic E-state index is 11.5. The third-order valence-electron chi connectivity index (χ3n) is 2.34. The molecular formula is C12H14N2OS. The molecule has 1 aromatic carbocycles. The first-order chi connectivity index (χ1) is 7.79. The average molecular weight is 234 g/mol. The fraction of sp³-hybridized carbons (Fsp3) is 0.250. The zero-order chi connectivity index (χ0) is 11.4. The number of thiophene rings is 1. The lowest BCUT2D eigenvalue weighted by atomic mass is 10.2. The van der Waals surface area contributed by atoms with Crippen molar-refractivity contribution in [2.45, 2.75) is 12.8 Å². The predicted octanol–water partition coefficient (Wildman–Crippen LogP) is 2.58. The van der Waals surface area contributed by atoms with Crippen LogP contribution in [0.1, 0.15) is 12.8 Å². The molecule has 1 amide bonds. The Morgan fingerprint density at radius 1 is 1.38 bits per heavy atom. The van der Waals surface area contributed by atoms with Crippen molar-refractivity contribution in [1.29, 1.82) is 0 Å². The molecule has 16 heavy (non-hydrogen) atoms. The summed E-state index contributed by atoms with van der Waals surface area (Å²) < 4.78 is 1.24. The van der Waals surface area contributed by atoms with Crippen molar-refractivity contribution < 1.29 is 4.79 Å². The van der Waals surface area contributed by atoms with Crippen molar-refractivity contribution in [2.24, 2.45) is 5.73 Å². The first-order valence-corrected chi connectivity index (χ1v) is 6.15. The van der Waals surface area contributed by atoms with Crippen LogP contribution in [0.3, 0.4) is 0 Å². The fourth-order valence-electron chi connectivity index (χ4n) is 1.53. The second kappa shape index (κ2) is 5.09. The quantitative estimate of drug-likeness (QED) is 0.854. The van der Waals surface area contributed by atoms with E-state index in [9.17, 15) is 4.79 Å². The van der Waals surface area contributed by atoms with Crippen molar-refractivity contribution in [3.05, 3.63) is 29.6 Å². The first kappa shape index (κ1) is 11.1. The fourth-order valence-corrected chi connectivity index (χ4v) is 2.30. The van der Waals surface area contributed by atoms with Crippen molar-refractivity contribution in [2.75, 3.05) is 11.9 Å². The molecule has 0 bridgehead atoms. The second-order valence-corrected chi connectivity index (χ2v) is 4.56. The molecule has 0 aliphatic heterocycles. The summed E-state index contributed by atoms with van der Waals surface area (Å²) in [6.07, 6.45) is 1.21. The number of carbonyl (C=O) groups excluding carboxylic acids is 1. The van der Waals surface area contributed by atoms with Crippen LogP contribution in [0.15, 0.2) is 29.6 Å². The van der Waals surface area contributed by atoms with Gasteiger partial charge in [0.25, 0.3) is 0 Å². The molecule has 4 heteroatoms. The first-order valence-electron chi connectivity index (χ1n) is 5.27. The predicted molar refractivity (Wildman–Crippen MR) is 68.7 cm³/mol. The van der Waals surface area contributed by atoms with Crippen LogP contribution in [-0.2, 0) is 4.79 Å². The minimum absolute atomic E-state index is 0.0278. The summed E-state index contributed by atoms with van der Waals surface area (Å²) in [4.78, 5) is 11.5. The van der Waals surface area contributed by atoms with E-state index in [-0.39, 0.29) is 5.91 Å². The van der Waals surface area contributed by atoms with Crippen LogP contribution in [0.2, 0.25) is 0 Å². The molecule has 0 spiro atoms. The number of fused-ring (bicyclic) bond motifs is 1. The van der Waals surface area contributed by atoms with Gasteiger partial charge in [-0.05, 0) is 48.0 Å². The third-order valence-corrected chi connectivity index (χ3v) is 3.24. The van der Waals surface area contributed by atoms with Gasteiger partial charge in [0.2, 0.25) is 5.91 Å². The molecule has 2 aromatic rings. The highest BCUT2D eigenvalue weighted by Crippen LogP contribution is 2.23. The molecule has 84 valence electrons. The molecule has 1 heterocycles. The standard InChI is InChI=1S/C12H14N2OS/c13-6-1-2-12(15)14-10-3-4-11-9(8-10)5-7-16-11/h3-5,7-8H,1-2,6,13H2,(H,14,15). The SMILES string of the molecule is NCCCC(=O)Nc1ccc2sccc2c1. The van der Waals surface area contributed by atoms with E-state index >= 15 is 0 Å². The summed E-state index contributed by atoms with van der Waals surface area (Å²) in [6.45, 7) is 0.553. The Hall–Kier alpha value is -1.39. The van der Waals surface area contributed by atoms with Gasteiger partial charge in [0, 0.05) is 16.8 Å². The highest BCUT2D eigenvalue weighted by atomic mass is 32.1. The van der Waals surface area contributed by atoms with Crippen molar-refractivity contribution in [3.8, 4) is 0 Å². The van der Waals surface area contributed by atoms with E-state index in [4.69, 9.17) is 5.73 Å². The second-order valence-electron chi connectivity index (χ2n) is 3.61. The van der Waals surface area contributed by atoms with Gasteiger partial charge in [-0.2, -0.15) is 0 Å². The summed E-state index contributed by atoms with van der Waals surface area (Å²) >= 11 is 1.70. The molecule has 0 unspecified atom stereocenters. The molecule has 3 N–H and O–H groups in total. The number of carbonyl (C=O) groups is 1. The lowest BCUT2D eigenvalue weighted by molar-refractivity contribution is -0.116. The van der Waals surface area contributed by atoms with Gasteiger partial charge in [-0.3, -0.25) is 4.79 Å². The Kier molecular flexibility index (Phi) is 3.54. The number of rotatable bonds is 4. The van der Waals surface area contributed by atoms with Crippen molar-refractivity contribution in [3.63, 3.8) is 0 Å². The van der Waals surface area contributed by atoms with E-state index in [0.29, 0.717) is 13.0 Å². The number of nitrogens with two attached hydrogens (primary N) is 1. The van der Waals surface area contributed by atoms with Crippen molar-refractivity contribution in [1.82, 2.24) is 0 Å². The van der Waals surface area contributed by atoms with Gasteiger partial charge < -0.3 is 11.1 Å². The smallest absolute Gasteiger partial charge is 0.224 e. The zero-order valence-electron chi connectivity index (χ0n) is 8.90. The Labute approximate surface area is 98.3 Å². The average Bonchev–Trinajstić information content (AvgIpc) is 2.73. The topological polar surface area (TPSA) is 55.1 Å². The summed E-state index contributed by atoms with van der Waals surface area (Å²) in [5.41, 5.74) is 6.21. The minimum atomic E-state index is 0.0278. The molecule has 1 aromatic heterocycles. The van der Waals surface area contributed by atoms with Gasteiger partial charge >= 0.3 is 0 Å². The minimum Gasteiger partial charge on any atom is -0.330 e. The maximum Gasteiger partial charge on any atom is 0.224 e. The van der Waals surface area contributed by atoms with Crippen LogP contribution in [-0.4, -0.2) is 12.5 Å². The van der Waals surface area contributed by atoms with Crippen LogP contribution in [0.25, 0.3) is 10.1 Å². The summed E-state index contributed by atoms with van der Waals surface area (Å²) in [6, 6.07) is 8.00. The maximum absolute atomic E-state index is 11.5. The van der Waals surface area contributed by atoms with Gasteiger partial charge in [-0.15, -0.1) is 11.3 Å². The van der Waals surface area contributed by atoms with Crippen molar-refractivity contribution >= 4 is 33.0 Å². The van der Waals surface area contributed by atoms with Gasteiger partial charge in [0.15, 0.2) is 0 Å². The van der Waals surface area contributed by atoms with Crippen LogP contribution >= 0.6 is 11.3 Å². The summed E-state index contributed by atoms with van der Waals surface area (Å²) in [7, 11) is 0. The number of amides is 1. The molecule has 3 nitrogen and oxygen atoms in total. The Balaban J connectivity index is 2.06. The largest absolute Gasteiger partial charge is 0.330 e. The van der Waals surface area contributed by atoms with E-state index in [2.05, 4.69) is 11.4 Å². The van der Waals surface area contributed by atoms with E-state index in [1.54, 1.807) is 11.3 Å². The highest BCUT2D eigenvalue weighted by molar-refractivity contribution is 7.17. The zero-order valence-corrected chi connectivity index (χ0v) is 9.72. The molecule has 0 aliphatic carbocycles. The molecular weight excluding hydrogens is 220 g/mol. The Morgan fingerprint density at radius 2 is 2.25 bits per heavy atom. The number of nitrogens with one attached hydrogen (secondary N) is 1. The summed E-state index contributed by atoms with van der Waals surface area (Å²) in [5, 5.41) is 6.08. The van der Waals surface area contributed by atoms with E-state index < -0.39 is 0 Å². The van der Waals surface area contributed by atoms with E-state index in [1.807, 2.05) is 23.6 Å². The van der Waals surface area contributed by atoms with Gasteiger partial charge in [0.05, 0.1) is 0 Å². The highest BCUT2D eigenvalue weighted by Gasteiger charge is 2.02. The molecule has 0 fully saturated rings. The lowest BCUT2D eigenvalue weighted by Gasteiger charge is -2.04. The van der Waals surface area contributed by atoms with E-state index in [1.165, 1.54) is 10.1 Å². The molecule has 0 saturated heterocycles. The van der Waals surface area contributed by atoms with Crippen LogP contribution in [0.4, 0.5) is 5.69 Å². The number of hydrogen-bond donors (Lipinski definition) is 2. The number of hydrogen-bond acceptors (Lipinski definition) is 3. The third kappa shape index (κ3) is 2.59. The van der Waals surface area contributed by atoms with Gasteiger partial charge in [-0.1, -0.05) is 0 Å². The molecule has 2 rings (SSSR count). The van der Waals surface area contributed by atoms with E-state index in [0.717, 1.165) is 12.1 Å².